The van der Waals surface area contributed by atoms with Crippen LogP contribution in [0.2, 0.25) is 0 Å². The van der Waals surface area contributed by atoms with Gasteiger partial charge in [0.15, 0.2) is 0 Å². The summed E-state index contributed by atoms with van der Waals surface area (Å²) in [5.74, 6) is -0.257. The van der Waals surface area contributed by atoms with Gasteiger partial charge in [0.25, 0.3) is 0 Å². The molecular weight excluding hydrogens is 327 g/mol. The summed E-state index contributed by atoms with van der Waals surface area (Å²) in [6, 6.07) is 13.2. The lowest BCUT2D eigenvalue weighted by atomic mass is 9.96. The molecule has 2 aromatic carbocycles. The molecule has 0 bridgehead atoms. The van der Waals surface area contributed by atoms with E-state index >= 15 is 0 Å². The van der Waals surface area contributed by atoms with Crippen LogP contribution >= 0.6 is 0 Å². The molecule has 2 amide bonds. The van der Waals surface area contributed by atoms with Gasteiger partial charge in [0, 0.05) is 39.6 Å². The Morgan fingerprint density at radius 2 is 1.96 bits per heavy atom. The Hall–Kier alpha value is -2.21. The quantitative estimate of drug-likeness (QED) is 0.871. The number of nitrogens with one attached hydrogen (secondary N) is 2. The summed E-state index contributed by atoms with van der Waals surface area (Å²) in [6.45, 7) is 0.460. The van der Waals surface area contributed by atoms with Crippen LogP contribution in [0.15, 0.2) is 53.4 Å². The van der Waals surface area contributed by atoms with Gasteiger partial charge in [0.05, 0.1) is 0 Å². The largest absolute Gasteiger partial charge is 0.337 e. The lowest BCUT2D eigenvalue weighted by Gasteiger charge is -2.17. The molecule has 1 saturated carbocycles. The van der Waals surface area contributed by atoms with Crippen LogP contribution < -0.4 is 10.6 Å². The van der Waals surface area contributed by atoms with E-state index in [2.05, 4.69) is 10.6 Å². The first-order valence-corrected chi connectivity index (χ1v) is 9.29. The zero-order chi connectivity index (χ0) is 17.2. The molecule has 0 saturated heterocycles. The van der Waals surface area contributed by atoms with Crippen molar-refractivity contribution in [2.24, 2.45) is 0 Å². The average Bonchev–Trinajstić information content (AvgIpc) is 3.34. The molecule has 1 atom stereocenters. The number of hydrogen-bond donors (Lipinski definition) is 2. The Balaban J connectivity index is 1.60. The first-order chi connectivity index (χ1) is 11.5. The highest BCUT2D eigenvalue weighted by molar-refractivity contribution is 7.84. The predicted molar refractivity (Wildman–Crippen MR) is 93.1 cm³/mol. The van der Waals surface area contributed by atoms with Gasteiger partial charge in [-0.1, -0.05) is 18.2 Å². The molecule has 2 aromatic rings. The molecule has 0 spiro atoms. The number of anilines is 1. The first-order valence-electron chi connectivity index (χ1n) is 7.73. The highest BCUT2D eigenvalue weighted by Crippen LogP contribution is 2.47. The van der Waals surface area contributed by atoms with Gasteiger partial charge in [-0.15, -0.1) is 0 Å². The molecule has 24 heavy (non-hydrogen) atoms. The van der Waals surface area contributed by atoms with Gasteiger partial charge in [0.2, 0.25) is 0 Å². The molecule has 4 nitrogen and oxygen atoms in total. The summed E-state index contributed by atoms with van der Waals surface area (Å²) in [5, 5.41) is 5.59. The van der Waals surface area contributed by atoms with E-state index in [4.69, 9.17) is 0 Å². The minimum Gasteiger partial charge on any atom is -0.337 e. The lowest BCUT2D eigenvalue weighted by molar-refractivity contribution is 0.251. The Morgan fingerprint density at radius 1 is 1.21 bits per heavy atom. The molecule has 0 aromatic heterocycles. The van der Waals surface area contributed by atoms with E-state index in [1.165, 1.54) is 12.1 Å². The van der Waals surface area contributed by atoms with E-state index in [1.807, 2.05) is 6.07 Å². The normalized spacial score (nSPS) is 16.2. The standard InChI is InChI=1S/C18H19FN2O2S/c1-24(23)16-7-3-6-15(11-16)21-17(22)20-12-18(8-9-18)13-4-2-5-14(19)10-13/h2-7,10-11H,8-9,12H2,1H3,(H2,20,21,22). The number of benzene rings is 2. The fourth-order valence-corrected chi connectivity index (χ4v) is 3.28. The zero-order valence-electron chi connectivity index (χ0n) is 13.3. The maximum atomic E-state index is 13.4. The number of urea groups is 1. The van der Waals surface area contributed by atoms with Crippen LogP contribution in [0.5, 0.6) is 0 Å². The van der Waals surface area contributed by atoms with Gasteiger partial charge in [-0.3, -0.25) is 4.21 Å². The van der Waals surface area contributed by atoms with Crippen molar-refractivity contribution in [3.05, 3.63) is 59.9 Å². The lowest BCUT2D eigenvalue weighted by Crippen LogP contribution is -2.35. The summed E-state index contributed by atoms with van der Waals surface area (Å²) in [7, 11) is -1.10. The predicted octanol–water partition coefficient (Wildman–Crippen LogP) is 3.42. The minimum atomic E-state index is -1.10. The Morgan fingerprint density at radius 3 is 2.62 bits per heavy atom. The van der Waals surface area contributed by atoms with Crippen molar-refractivity contribution >= 4 is 22.5 Å². The highest BCUT2D eigenvalue weighted by atomic mass is 32.2. The second kappa shape index (κ2) is 6.73. The second-order valence-corrected chi connectivity index (χ2v) is 7.46. The fourth-order valence-electron chi connectivity index (χ4n) is 2.71. The number of carbonyl (C=O) groups excluding carboxylic acids is 1. The molecule has 1 aliphatic carbocycles. The topological polar surface area (TPSA) is 58.2 Å². The maximum Gasteiger partial charge on any atom is 0.319 e. The maximum absolute atomic E-state index is 13.4. The van der Waals surface area contributed by atoms with Crippen molar-refractivity contribution in [3.8, 4) is 0 Å². The van der Waals surface area contributed by atoms with E-state index in [0.29, 0.717) is 17.1 Å². The van der Waals surface area contributed by atoms with Crippen molar-refractivity contribution in [1.82, 2.24) is 5.32 Å². The molecule has 0 aliphatic heterocycles. The molecule has 0 radical (unpaired) electrons. The van der Waals surface area contributed by atoms with Crippen molar-refractivity contribution < 1.29 is 13.4 Å². The van der Waals surface area contributed by atoms with E-state index < -0.39 is 10.8 Å². The smallest absolute Gasteiger partial charge is 0.319 e. The highest BCUT2D eigenvalue weighted by Gasteiger charge is 2.44. The molecule has 1 aliphatic rings. The number of hydrogen-bond acceptors (Lipinski definition) is 2. The van der Waals surface area contributed by atoms with E-state index in [0.717, 1.165) is 18.4 Å². The minimum absolute atomic E-state index is 0.161. The van der Waals surface area contributed by atoms with Crippen LogP contribution in [0, 0.1) is 5.82 Å². The number of halogens is 1. The van der Waals surface area contributed by atoms with Crippen LogP contribution in [0.25, 0.3) is 0 Å². The Bertz CT molecular complexity index is 790. The van der Waals surface area contributed by atoms with E-state index in [-0.39, 0.29) is 17.3 Å². The van der Waals surface area contributed by atoms with E-state index in [9.17, 15) is 13.4 Å². The molecule has 3 rings (SSSR count). The van der Waals surface area contributed by atoms with Crippen LogP contribution in [0.1, 0.15) is 18.4 Å². The molecule has 6 heteroatoms. The van der Waals surface area contributed by atoms with Gasteiger partial charge < -0.3 is 10.6 Å². The van der Waals surface area contributed by atoms with Gasteiger partial charge in [-0.2, -0.15) is 0 Å². The third kappa shape index (κ3) is 3.82. The first kappa shape index (κ1) is 16.6. The molecule has 0 heterocycles. The Kier molecular flexibility index (Phi) is 4.66. The number of rotatable bonds is 5. The van der Waals surface area contributed by atoms with Crippen LogP contribution in [-0.4, -0.2) is 23.0 Å². The summed E-state index contributed by atoms with van der Waals surface area (Å²) in [5.41, 5.74) is 1.36. The van der Waals surface area contributed by atoms with Crippen LogP contribution in [0.4, 0.5) is 14.9 Å². The van der Waals surface area contributed by atoms with E-state index in [1.54, 1.807) is 36.6 Å². The SMILES string of the molecule is CS(=O)c1cccc(NC(=O)NCC2(c3cccc(F)c3)CC2)c1. The number of amides is 2. The third-order valence-corrected chi connectivity index (χ3v) is 5.22. The van der Waals surface area contributed by atoms with Gasteiger partial charge in [-0.25, -0.2) is 9.18 Å². The van der Waals surface area contributed by atoms with Crippen molar-refractivity contribution in [1.29, 1.82) is 0 Å². The second-order valence-electron chi connectivity index (χ2n) is 6.08. The molecule has 2 N–H and O–H groups in total. The molecule has 1 unspecified atom stereocenters. The third-order valence-electron chi connectivity index (χ3n) is 4.30. The Labute approximate surface area is 142 Å². The number of carbonyl (C=O) groups is 1. The van der Waals surface area contributed by atoms with Crippen LogP contribution in [0.3, 0.4) is 0 Å². The van der Waals surface area contributed by atoms with Gasteiger partial charge in [-0.05, 0) is 48.7 Å². The van der Waals surface area contributed by atoms with Crippen molar-refractivity contribution in [3.63, 3.8) is 0 Å². The molecule has 126 valence electrons. The summed E-state index contributed by atoms with van der Waals surface area (Å²) < 4.78 is 24.9. The monoisotopic (exact) mass is 346 g/mol. The van der Waals surface area contributed by atoms with Gasteiger partial charge >= 0.3 is 6.03 Å². The molecular formula is C18H19FN2O2S. The molecule has 1 fully saturated rings. The summed E-state index contributed by atoms with van der Waals surface area (Å²) >= 11 is 0. The van der Waals surface area contributed by atoms with Crippen molar-refractivity contribution in [2.75, 3.05) is 18.1 Å². The zero-order valence-corrected chi connectivity index (χ0v) is 14.2. The summed E-state index contributed by atoms with van der Waals surface area (Å²) in [6.07, 6.45) is 3.46. The van der Waals surface area contributed by atoms with Crippen LogP contribution in [-0.2, 0) is 16.2 Å². The average molecular weight is 346 g/mol. The fraction of sp³-hybridized carbons (Fsp3) is 0.278. The van der Waals surface area contributed by atoms with Crippen molar-refractivity contribution in [2.45, 2.75) is 23.2 Å². The van der Waals surface area contributed by atoms with Gasteiger partial charge in [0.1, 0.15) is 5.82 Å². The summed E-state index contributed by atoms with van der Waals surface area (Å²) in [4.78, 5) is 12.8.